The summed E-state index contributed by atoms with van der Waals surface area (Å²) >= 11 is 0. The van der Waals surface area contributed by atoms with E-state index >= 15 is 0 Å². The minimum absolute atomic E-state index is 0.465. The summed E-state index contributed by atoms with van der Waals surface area (Å²) in [6.45, 7) is 0.930. The van der Waals surface area contributed by atoms with Gasteiger partial charge < -0.3 is 10.2 Å². The van der Waals surface area contributed by atoms with Crippen LogP contribution in [0.25, 0.3) is 0 Å². The third kappa shape index (κ3) is 2.92. The molecule has 1 fully saturated rings. The molecule has 1 N–H and O–H groups in total. The molecule has 2 rings (SSSR count). The van der Waals surface area contributed by atoms with Crippen LogP contribution in [0, 0.1) is 17.5 Å². The number of likely N-dealkylation sites (tertiary alicyclic amines) is 1. The maximum atomic E-state index is 13.4. The van der Waals surface area contributed by atoms with E-state index in [9.17, 15) is 22.8 Å². The Bertz CT molecular complexity index is 543. The molecule has 0 saturated carbocycles. The lowest BCUT2D eigenvalue weighted by atomic mass is 10.1. The van der Waals surface area contributed by atoms with E-state index in [1.54, 1.807) is 0 Å². The Hall–Kier alpha value is -2.05. The van der Waals surface area contributed by atoms with Crippen molar-refractivity contribution in [2.24, 2.45) is 0 Å². The van der Waals surface area contributed by atoms with Gasteiger partial charge in [-0.3, -0.25) is 9.59 Å². The molecule has 1 aliphatic rings. The summed E-state index contributed by atoms with van der Waals surface area (Å²) in [6.07, 6.45) is 2.60. The Labute approximate surface area is 113 Å². The van der Waals surface area contributed by atoms with Crippen LogP contribution in [-0.2, 0) is 9.59 Å². The van der Waals surface area contributed by atoms with Crippen molar-refractivity contribution >= 4 is 17.5 Å². The second kappa shape index (κ2) is 5.94. The Morgan fingerprint density at radius 2 is 1.65 bits per heavy atom. The van der Waals surface area contributed by atoms with E-state index in [4.69, 9.17) is 0 Å². The number of hydrogen-bond acceptors (Lipinski definition) is 2. The maximum absolute atomic E-state index is 13.4. The quantitative estimate of drug-likeness (QED) is 0.634. The van der Waals surface area contributed by atoms with Crippen LogP contribution in [0.2, 0.25) is 0 Å². The van der Waals surface area contributed by atoms with E-state index in [0.717, 1.165) is 25.3 Å². The Balaban J connectivity index is 2.07. The van der Waals surface area contributed by atoms with Gasteiger partial charge in [0.25, 0.3) is 0 Å². The smallest absolute Gasteiger partial charge is 0.313 e. The standard InChI is InChI=1S/C13H13F3N2O2/c14-8-4-5-9(11(16)10(8)15)17-12(19)13(20)18-6-2-1-3-7-18/h4-5H,1-3,6-7H2,(H,17,19). The molecule has 108 valence electrons. The molecule has 0 unspecified atom stereocenters. The molecule has 1 aliphatic heterocycles. The molecule has 2 amide bonds. The maximum Gasteiger partial charge on any atom is 0.313 e. The average Bonchev–Trinajstić information content (AvgIpc) is 2.48. The van der Waals surface area contributed by atoms with E-state index < -0.39 is 35.0 Å². The number of rotatable bonds is 1. The minimum Gasteiger partial charge on any atom is -0.334 e. The highest BCUT2D eigenvalue weighted by Gasteiger charge is 2.25. The van der Waals surface area contributed by atoms with Crippen LogP contribution in [0.1, 0.15) is 19.3 Å². The molecule has 0 aromatic heterocycles. The van der Waals surface area contributed by atoms with Crippen molar-refractivity contribution in [3.05, 3.63) is 29.6 Å². The minimum atomic E-state index is -1.69. The monoisotopic (exact) mass is 286 g/mol. The predicted molar refractivity (Wildman–Crippen MR) is 65.4 cm³/mol. The number of benzene rings is 1. The SMILES string of the molecule is O=C(Nc1ccc(F)c(F)c1F)C(=O)N1CCCCC1. The third-order valence-corrected chi connectivity index (χ3v) is 3.12. The molecule has 0 aliphatic carbocycles. The van der Waals surface area contributed by atoms with Gasteiger partial charge in [-0.2, -0.15) is 0 Å². The zero-order valence-corrected chi connectivity index (χ0v) is 10.6. The van der Waals surface area contributed by atoms with Gasteiger partial charge in [0.2, 0.25) is 0 Å². The fraction of sp³-hybridized carbons (Fsp3) is 0.385. The lowest BCUT2D eigenvalue weighted by molar-refractivity contribution is -0.143. The Morgan fingerprint density at radius 1 is 1.00 bits per heavy atom. The molecule has 0 radical (unpaired) electrons. The molecule has 0 bridgehead atoms. The zero-order valence-electron chi connectivity index (χ0n) is 10.6. The van der Waals surface area contributed by atoms with Crippen LogP contribution in [0.4, 0.5) is 18.9 Å². The molecule has 1 aromatic rings. The highest BCUT2D eigenvalue weighted by atomic mass is 19.2. The number of carbonyl (C=O) groups excluding carboxylic acids is 2. The molecular weight excluding hydrogens is 273 g/mol. The summed E-state index contributed by atoms with van der Waals surface area (Å²) in [4.78, 5) is 24.8. The first-order chi connectivity index (χ1) is 9.50. The molecular formula is C13H13F3N2O2. The topological polar surface area (TPSA) is 49.4 Å². The van der Waals surface area contributed by atoms with Gasteiger partial charge in [0.15, 0.2) is 17.5 Å². The van der Waals surface area contributed by atoms with E-state index in [1.807, 2.05) is 5.32 Å². The van der Waals surface area contributed by atoms with E-state index in [0.29, 0.717) is 19.2 Å². The van der Waals surface area contributed by atoms with Crippen LogP contribution in [0.5, 0.6) is 0 Å². The van der Waals surface area contributed by atoms with E-state index in [1.165, 1.54) is 4.90 Å². The second-order valence-electron chi connectivity index (χ2n) is 4.53. The Kier molecular flexibility index (Phi) is 4.26. The number of piperidine rings is 1. The fourth-order valence-corrected chi connectivity index (χ4v) is 2.04. The van der Waals surface area contributed by atoms with Gasteiger partial charge in [-0.15, -0.1) is 0 Å². The summed E-state index contributed by atoms with van der Waals surface area (Å²) in [6, 6.07) is 1.55. The van der Waals surface area contributed by atoms with Crippen molar-refractivity contribution in [3.63, 3.8) is 0 Å². The molecule has 20 heavy (non-hydrogen) atoms. The van der Waals surface area contributed by atoms with Gasteiger partial charge in [0, 0.05) is 13.1 Å². The van der Waals surface area contributed by atoms with Crippen LogP contribution in [0.3, 0.4) is 0 Å². The fourth-order valence-electron chi connectivity index (χ4n) is 2.04. The summed E-state index contributed by atoms with van der Waals surface area (Å²) < 4.78 is 39.1. The summed E-state index contributed by atoms with van der Waals surface area (Å²) in [5, 5.41) is 1.96. The molecule has 1 saturated heterocycles. The molecule has 1 aromatic carbocycles. The van der Waals surface area contributed by atoms with Crippen LogP contribution >= 0.6 is 0 Å². The molecule has 7 heteroatoms. The largest absolute Gasteiger partial charge is 0.334 e. The highest BCUT2D eigenvalue weighted by Crippen LogP contribution is 2.19. The van der Waals surface area contributed by atoms with Gasteiger partial charge in [0.1, 0.15) is 0 Å². The van der Waals surface area contributed by atoms with E-state index in [2.05, 4.69) is 0 Å². The lowest BCUT2D eigenvalue weighted by Crippen LogP contribution is -2.42. The second-order valence-corrected chi connectivity index (χ2v) is 4.53. The summed E-state index contributed by atoms with van der Waals surface area (Å²) in [5.41, 5.74) is -0.556. The molecule has 0 spiro atoms. The number of carbonyl (C=O) groups is 2. The predicted octanol–water partition coefficient (Wildman–Crippen LogP) is 2.05. The number of amides is 2. The first-order valence-electron chi connectivity index (χ1n) is 6.24. The van der Waals surface area contributed by atoms with E-state index in [-0.39, 0.29) is 0 Å². The number of nitrogens with one attached hydrogen (secondary N) is 1. The molecule has 1 heterocycles. The first-order valence-corrected chi connectivity index (χ1v) is 6.24. The van der Waals surface area contributed by atoms with Crippen molar-refractivity contribution in [3.8, 4) is 0 Å². The van der Waals surface area contributed by atoms with Crippen molar-refractivity contribution in [1.29, 1.82) is 0 Å². The number of nitrogens with zero attached hydrogens (tertiary/aromatic N) is 1. The molecule has 4 nitrogen and oxygen atoms in total. The Morgan fingerprint density at radius 3 is 2.30 bits per heavy atom. The van der Waals surface area contributed by atoms with Gasteiger partial charge in [0.05, 0.1) is 5.69 Å². The number of hydrogen-bond donors (Lipinski definition) is 1. The van der Waals surface area contributed by atoms with Gasteiger partial charge in [-0.05, 0) is 31.4 Å². The first kappa shape index (κ1) is 14.4. The van der Waals surface area contributed by atoms with Crippen molar-refractivity contribution in [2.75, 3.05) is 18.4 Å². The molecule has 0 atom stereocenters. The normalized spacial score (nSPS) is 15.1. The van der Waals surface area contributed by atoms with Crippen molar-refractivity contribution < 1.29 is 22.8 Å². The van der Waals surface area contributed by atoms with Crippen LogP contribution in [0.15, 0.2) is 12.1 Å². The van der Waals surface area contributed by atoms with Crippen LogP contribution < -0.4 is 5.32 Å². The van der Waals surface area contributed by atoms with Gasteiger partial charge in [-0.25, -0.2) is 13.2 Å². The highest BCUT2D eigenvalue weighted by molar-refractivity contribution is 6.39. The number of anilines is 1. The summed E-state index contributed by atoms with van der Waals surface area (Å²) in [7, 11) is 0. The summed E-state index contributed by atoms with van der Waals surface area (Å²) in [5.74, 6) is -6.42. The average molecular weight is 286 g/mol. The van der Waals surface area contributed by atoms with Gasteiger partial charge in [-0.1, -0.05) is 0 Å². The van der Waals surface area contributed by atoms with Crippen molar-refractivity contribution in [1.82, 2.24) is 4.90 Å². The van der Waals surface area contributed by atoms with Crippen molar-refractivity contribution in [2.45, 2.75) is 19.3 Å². The lowest BCUT2D eigenvalue weighted by Gasteiger charge is -2.25. The van der Waals surface area contributed by atoms with Crippen LogP contribution in [-0.4, -0.2) is 29.8 Å². The zero-order chi connectivity index (χ0) is 14.7. The van der Waals surface area contributed by atoms with Gasteiger partial charge >= 0.3 is 11.8 Å². The number of halogens is 3. The third-order valence-electron chi connectivity index (χ3n) is 3.12.